The van der Waals surface area contributed by atoms with Crippen LogP contribution in [0.15, 0.2) is 64.4 Å². The summed E-state index contributed by atoms with van der Waals surface area (Å²) in [6.45, 7) is 0. The van der Waals surface area contributed by atoms with E-state index in [-0.39, 0.29) is 4.58 Å². The standard InChI is InChI=1S/C14H12O2S2/c15-13(10-6-2-1-3-7-10)14-17-11-8-4-5-9-12(11)18(14)16/h1-9,13-15H/t13-,14-,18?/m0/s1. The average Bonchev–Trinajstić information content (AvgIpc) is 2.77. The van der Waals surface area contributed by atoms with E-state index in [2.05, 4.69) is 0 Å². The molecular weight excluding hydrogens is 264 g/mol. The van der Waals surface area contributed by atoms with Gasteiger partial charge in [0.05, 0.1) is 15.7 Å². The van der Waals surface area contributed by atoms with Crippen LogP contribution in [0, 0.1) is 0 Å². The predicted molar refractivity (Wildman–Crippen MR) is 73.9 cm³/mol. The van der Waals surface area contributed by atoms with Crippen molar-refractivity contribution in [3.63, 3.8) is 0 Å². The molecule has 1 heterocycles. The first-order valence-corrected chi connectivity index (χ1v) is 7.76. The minimum absolute atomic E-state index is 0.315. The highest BCUT2D eigenvalue weighted by Gasteiger charge is 2.35. The fourth-order valence-electron chi connectivity index (χ4n) is 2.00. The van der Waals surface area contributed by atoms with Crippen LogP contribution in [0.2, 0.25) is 0 Å². The fourth-order valence-corrected chi connectivity index (χ4v) is 5.36. The molecule has 2 nitrogen and oxygen atoms in total. The van der Waals surface area contributed by atoms with Crippen molar-refractivity contribution in [3.05, 3.63) is 60.2 Å². The first kappa shape index (κ1) is 12.0. The van der Waals surface area contributed by atoms with Gasteiger partial charge in [0.25, 0.3) is 0 Å². The van der Waals surface area contributed by atoms with E-state index in [1.54, 1.807) is 0 Å². The number of hydrogen-bond acceptors (Lipinski definition) is 3. The number of aliphatic hydroxyl groups excluding tert-OH is 1. The summed E-state index contributed by atoms with van der Waals surface area (Å²) in [5.41, 5.74) is 0.816. The maximum absolute atomic E-state index is 12.3. The summed E-state index contributed by atoms with van der Waals surface area (Å²) >= 11 is 1.50. The predicted octanol–water partition coefficient (Wildman–Crippen LogP) is 2.96. The van der Waals surface area contributed by atoms with Gasteiger partial charge in [-0.05, 0) is 17.7 Å². The minimum Gasteiger partial charge on any atom is -0.386 e. The van der Waals surface area contributed by atoms with E-state index in [0.29, 0.717) is 0 Å². The van der Waals surface area contributed by atoms with Gasteiger partial charge >= 0.3 is 0 Å². The molecule has 1 aliphatic heterocycles. The van der Waals surface area contributed by atoms with Gasteiger partial charge in [0.2, 0.25) is 0 Å². The van der Waals surface area contributed by atoms with Gasteiger partial charge < -0.3 is 5.11 Å². The Bertz CT molecular complexity index is 583. The number of hydrogen-bond donors (Lipinski definition) is 1. The fraction of sp³-hybridized carbons (Fsp3) is 0.143. The van der Waals surface area contributed by atoms with E-state index in [1.165, 1.54) is 11.8 Å². The lowest BCUT2D eigenvalue weighted by Crippen LogP contribution is -2.16. The molecule has 2 aromatic carbocycles. The number of fused-ring (bicyclic) bond motifs is 1. The van der Waals surface area contributed by atoms with E-state index in [9.17, 15) is 9.32 Å². The van der Waals surface area contributed by atoms with E-state index in [0.717, 1.165) is 15.4 Å². The highest BCUT2D eigenvalue weighted by Crippen LogP contribution is 2.45. The second-order valence-electron chi connectivity index (χ2n) is 4.09. The third-order valence-electron chi connectivity index (χ3n) is 2.92. The molecule has 0 radical (unpaired) electrons. The van der Waals surface area contributed by atoms with Crippen molar-refractivity contribution >= 4 is 22.6 Å². The molecule has 18 heavy (non-hydrogen) atoms. The number of thioether (sulfide) groups is 1. The number of benzene rings is 2. The molecule has 92 valence electrons. The molecule has 2 aromatic rings. The van der Waals surface area contributed by atoms with Crippen LogP contribution >= 0.6 is 11.8 Å². The van der Waals surface area contributed by atoms with E-state index in [1.807, 2.05) is 54.6 Å². The van der Waals surface area contributed by atoms with Crippen LogP contribution in [0.1, 0.15) is 11.7 Å². The maximum atomic E-state index is 12.3. The molecule has 0 saturated heterocycles. The molecule has 3 atom stereocenters. The monoisotopic (exact) mass is 276 g/mol. The second kappa shape index (κ2) is 4.88. The van der Waals surface area contributed by atoms with E-state index < -0.39 is 16.9 Å². The smallest absolute Gasteiger partial charge is 0.119 e. The first-order chi connectivity index (χ1) is 8.77. The highest BCUT2D eigenvalue weighted by atomic mass is 32.2. The lowest BCUT2D eigenvalue weighted by atomic mass is 10.1. The van der Waals surface area contributed by atoms with Crippen LogP contribution in [0.3, 0.4) is 0 Å². The largest absolute Gasteiger partial charge is 0.386 e. The molecule has 1 N–H and O–H groups in total. The van der Waals surface area contributed by atoms with Crippen molar-refractivity contribution in [2.24, 2.45) is 0 Å². The van der Waals surface area contributed by atoms with Gasteiger partial charge in [0.1, 0.15) is 10.7 Å². The second-order valence-corrected chi connectivity index (χ2v) is 7.11. The molecule has 0 fully saturated rings. The summed E-state index contributed by atoms with van der Waals surface area (Å²) in [7, 11) is -1.15. The van der Waals surface area contributed by atoms with Crippen LogP contribution in [0.5, 0.6) is 0 Å². The zero-order chi connectivity index (χ0) is 12.5. The number of rotatable bonds is 2. The molecule has 3 rings (SSSR count). The lowest BCUT2D eigenvalue weighted by molar-refractivity contribution is 0.195. The molecule has 4 heteroatoms. The average molecular weight is 276 g/mol. The Labute approximate surface area is 113 Å². The molecule has 0 bridgehead atoms. The Morgan fingerprint density at radius 2 is 1.72 bits per heavy atom. The van der Waals surface area contributed by atoms with Crippen LogP contribution in [-0.2, 0) is 10.8 Å². The summed E-state index contributed by atoms with van der Waals surface area (Å²) in [6.07, 6.45) is -0.704. The summed E-state index contributed by atoms with van der Waals surface area (Å²) in [5.74, 6) is 0. The van der Waals surface area contributed by atoms with Crippen molar-refractivity contribution in [1.29, 1.82) is 0 Å². The Kier molecular flexibility index (Phi) is 3.24. The van der Waals surface area contributed by atoms with E-state index >= 15 is 0 Å². The van der Waals surface area contributed by atoms with Crippen LogP contribution in [0.4, 0.5) is 0 Å². The SMILES string of the molecule is O=S1c2ccccc2S[C@@H]1[C@@H](O)c1ccccc1. The molecule has 1 aliphatic rings. The van der Waals surface area contributed by atoms with Gasteiger partial charge in [0.15, 0.2) is 0 Å². The molecular formula is C14H12O2S2. The molecule has 1 unspecified atom stereocenters. The molecule has 0 aromatic heterocycles. The summed E-state index contributed by atoms with van der Waals surface area (Å²) in [4.78, 5) is 1.85. The molecule has 0 saturated carbocycles. The van der Waals surface area contributed by atoms with Gasteiger partial charge in [-0.15, -0.1) is 11.8 Å². The van der Waals surface area contributed by atoms with Gasteiger partial charge in [-0.1, -0.05) is 42.5 Å². The topological polar surface area (TPSA) is 37.3 Å². The zero-order valence-electron chi connectivity index (χ0n) is 9.52. The van der Waals surface area contributed by atoms with Crippen molar-refractivity contribution in [3.8, 4) is 0 Å². The Balaban J connectivity index is 1.91. The van der Waals surface area contributed by atoms with E-state index in [4.69, 9.17) is 0 Å². The normalized spacial score (nSPS) is 23.6. The van der Waals surface area contributed by atoms with Crippen molar-refractivity contribution in [2.75, 3.05) is 0 Å². The van der Waals surface area contributed by atoms with Gasteiger partial charge in [-0.2, -0.15) is 0 Å². The quantitative estimate of drug-likeness (QED) is 0.916. The zero-order valence-corrected chi connectivity index (χ0v) is 11.2. The number of aliphatic hydroxyl groups is 1. The molecule has 0 spiro atoms. The molecule has 0 amide bonds. The summed E-state index contributed by atoms with van der Waals surface area (Å²) in [6, 6.07) is 17.0. The van der Waals surface area contributed by atoms with Gasteiger partial charge in [-0.25, -0.2) is 0 Å². The minimum atomic E-state index is -1.15. The maximum Gasteiger partial charge on any atom is 0.119 e. The van der Waals surface area contributed by atoms with Gasteiger partial charge in [-0.3, -0.25) is 4.21 Å². The van der Waals surface area contributed by atoms with Crippen molar-refractivity contribution in [1.82, 2.24) is 0 Å². The van der Waals surface area contributed by atoms with Crippen LogP contribution < -0.4 is 0 Å². The first-order valence-electron chi connectivity index (χ1n) is 5.66. The third kappa shape index (κ3) is 2.00. The summed E-state index contributed by atoms with van der Waals surface area (Å²) < 4.78 is 12.0. The van der Waals surface area contributed by atoms with Crippen LogP contribution in [-0.4, -0.2) is 13.9 Å². The van der Waals surface area contributed by atoms with Crippen molar-refractivity contribution in [2.45, 2.75) is 20.5 Å². The Morgan fingerprint density at radius 1 is 1.06 bits per heavy atom. The van der Waals surface area contributed by atoms with Crippen molar-refractivity contribution < 1.29 is 9.32 Å². The lowest BCUT2D eigenvalue weighted by Gasteiger charge is -2.16. The highest BCUT2D eigenvalue weighted by molar-refractivity contribution is 8.13. The molecule has 0 aliphatic carbocycles. The Hall–Kier alpha value is -1.10. The van der Waals surface area contributed by atoms with Gasteiger partial charge in [0, 0.05) is 4.90 Å². The third-order valence-corrected chi connectivity index (χ3v) is 6.43. The summed E-state index contributed by atoms with van der Waals surface area (Å²) in [5, 5.41) is 10.3. The van der Waals surface area contributed by atoms with Crippen LogP contribution in [0.25, 0.3) is 0 Å². The Morgan fingerprint density at radius 3 is 2.44 bits per heavy atom.